The molecule has 0 aliphatic heterocycles. The smallest absolute Gasteiger partial charge is 0.0876 e. The van der Waals surface area contributed by atoms with Crippen molar-refractivity contribution in [1.82, 2.24) is 0 Å². The summed E-state index contributed by atoms with van der Waals surface area (Å²) in [6, 6.07) is 0. The molecule has 20 heavy (non-hydrogen) atoms. The molecule has 1 heteroatoms. The topological polar surface area (TPSA) is 9.23 Å². The number of rotatable bonds is 16. The fraction of sp³-hybridized carbons (Fsp3) is 0.895. The van der Waals surface area contributed by atoms with Gasteiger partial charge in [0.05, 0.1) is 12.4 Å². The van der Waals surface area contributed by atoms with E-state index in [1.807, 2.05) is 6.92 Å². The van der Waals surface area contributed by atoms with Crippen molar-refractivity contribution >= 4 is 0 Å². The van der Waals surface area contributed by atoms with Gasteiger partial charge in [-0.2, -0.15) is 0 Å². The first kappa shape index (κ1) is 19.5. The Balaban J connectivity index is 2.94. The molecule has 0 aromatic carbocycles. The van der Waals surface area contributed by atoms with Gasteiger partial charge in [-0.25, -0.2) is 0 Å². The average Bonchev–Trinajstić information content (AvgIpc) is 2.43. The second-order valence-corrected chi connectivity index (χ2v) is 6.15. The van der Waals surface area contributed by atoms with Crippen molar-refractivity contribution in [3.8, 4) is 0 Å². The Morgan fingerprint density at radius 1 is 0.650 bits per heavy atom. The van der Waals surface area contributed by atoms with Gasteiger partial charge in [-0.1, -0.05) is 97.0 Å². The van der Waals surface area contributed by atoms with Gasteiger partial charge in [0.15, 0.2) is 0 Å². The van der Waals surface area contributed by atoms with Crippen LogP contribution in [-0.2, 0) is 4.74 Å². The van der Waals surface area contributed by atoms with Gasteiger partial charge in [-0.05, 0) is 13.3 Å². The highest BCUT2D eigenvalue weighted by Crippen LogP contribution is 2.13. The number of hydrogen-bond acceptors (Lipinski definition) is 1. The summed E-state index contributed by atoms with van der Waals surface area (Å²) in [5.41, 5.74) is 0. The fourth-order valence-electron chi connectivity index (χ4n) is 2.54. The number of unbranched alkanes of at least 4 members (excludes halogenated alkanes) is 13. The molecule has 0 aliphatic rings. The third-order valence-electron chi connectivity index (χ3n) is 3.85. The quantitative estimate of drug-likeness (QED) is 0.218. The molecule has 0 unspecified atom stereocenters. The van der Waals surface area contributed by atoms with Crippen LogP contribution in [0.25, 0.3) is 0 Å². The maximum Gasteiger partial charge on any atom is 0.0876 e. The first-order chi connectivity index (χ1) is 9.77. The minimum absolute atomic E-state index is 0.847. The Hall–Kier alpha value is -0.460. The van der Waals surface area contributed by atoms with Gasteiger partial charge in [0.1, 0.15) is 0 Å². The Labute approximate surface area is 128 Å². The molecule has 0 aromatic rings. The van der Waals surface area contributed by atoms with E-state index >= 15 is 0 Å². The highest BCUT2D eigenvalue weighted by molar-refractivity contribution is 4.73. The van der Waals surface area contributed by atoms with Crippen molar-refractivity contribution in [2.75, 3.05) is 6.61 Å². The molecule has 0 atom stereocenters. The lowest BCUT2D eigenvalue weighted by Crippen LogP contribution is -1.91. The van der Waals surface area contributed by atoms with Gasteiger partial charge in [0.2, 0.25) is 0 Å². The number of ether oxygens (including phenoxy) is 1. The highest BCUT2D eigenvalue weighted by Gasteiger charge is 1.94. The van der Waals surface area contributed by atoms with Crippen molar-refractivity contribution < 1.29 is 4.74 Å². The van der Waals surface area contributed by atoms with Crippen LogP contribution in [0.2, 0.25) is 0 Å². The Morgan fingerprint density at radius 3 is 1.35 bits per heavy atom. The molecule has 120 valence electrons. The summed E-state index contributed by atoms with van der Waals surface area (Å²) < 4.78 is 5.35. The van der Waals surface area contributed by atoms with E-state index in [-0.39, 0.29) is 0 Å². The van der Waals surface area contributed by atoms with Gasteiger partial charge in [-0.15, -0.1) is 0 Å². The molecular weight excluding hydrogens is 244 g/mol. The highest BCUT2D eigenvalue weighted by atomic mass is 16.5. The molecule has 0 heterocycles. The van der Waals surface area contributed by atoms with Crippen molar-refractivity contribution in [3.63, 3.8) is 0 Å². The molecule has 0 saturated heterocycles. The lowest BCUT2D eigenvalue weighted by atomic mass is 10.0. The van der Waals surface area contributed by atoms with Crippen molar-refractivity contribution in [2.45, 2.75) is 104 Å². The third kappa shape index (κ3) is 17.5. The molecule has 0 N–H and O–H groups in total. The summed E-state index contributed by atoms with van der Waals surface area (Å²) in [5, 5.41) is 0. The molecule has 0 spiro atoms. The minimum Gasteiger partial charge on any atom is -0.499 e. The zero-order valence-corrected chi connectivity index (χ0v) is 14.2. The molecule has 0 rings (SSSR count). The monoisotopic (exact) mass is 282 g/mol. The summed E-state index contributed by atoms with van der Waals surface area (Å²) in [6.07, 6.45) is 19.7. The van der Waals surface area contributed by atoms with Crippen LogP contribution in [0.4, 0.5) is 0 Å². The summed E-state index contributed by atoms with van der Waals surface area (Å²) in [6.45, 7) is 8.80. The maximum atomic E-state index is 5.35. The lowest BCUT2D eigenvalue weighted by molar-refractivity contribution is 0.208. The van der Waals surface area contributed by atoms with Crippen molar-refractivity contribution in [2.24, 2.45) is 0 Å². The largest absolute Gasteiger partial charge is 0.499 e. The molecule has 1 nitrogen and oxygen atoms in total. The first-order valence-corrected chi connectivity index (χ1v) is 9.05. The zero-order valence-electron chi connectivity index (χ0n) is 14.2. The van der Waals surface area contributed by atoms with Gasteiger partial charge in [-0.3, -0.25) is 0 Å². The van der Waals surface area contributed by atoms with E-state index in [9.17, 15) is 0 Å². The molecule has 0 aromatic heterocycles. The minimum atomic E-state index is 0.847. The summed E-state index contributed by atoms with van der Waals surface area (Å²) in [4.78, 5) is 0. The van der Waals surface area contributed by atoms with Gasteiger partial charge >= 0.3 is 0 Å². The van der Waals surface area contributed by atoms with E-state index < -0.39 is 0 Å². The fourth-order valence-corrected chi connectivity index (χ4v) is 2.54. The lowest BCUT2D eigenvalue weighted by Gasteiger charge is -2.05. The van der Waals surface area contributed by atoms with Crippen LogP contribution in [0.5, 0.6) is 0 Å². The van der Waals surface area contributed by atoms with Crippen molar-refractivity contribution in [1.29, 1.82) is 0 Å². The SMILES string of the molecule is C=C(C)OCCCCCCCCCCCCCCCC. The van der Waals surface area contributed by atoms with Crippen LogP contribution in [0, 0.1) is 0 Å². The number of allylic oxidation sites excluding steroid dienone is 1. The van der Waals surface area contributed by atoms with Crippen LogP contribution in [0.3, 0.4) is 0 Å². The number of hydrogen-bond donors (Lipinski definition) is 0. The summed E-state index contributed by atoms with van der Waals surface area (Å²) in [5.74, 6) is 0.847. The van der Waals surface area contributed by atoms with E-state index in [2.05, 4.69) is 13.5 Å². The van der Waals surface area contributed by atoms with E-state index in [0.29, 0.717) is 0 Å². The molecule has 0 amide bonds. The normalized spacial score (nSPS) is 10.7. The standard InChI is InChI=1S/C19H38O/c1-4-5-6-7-8-9-10-11-12-13-14-15-16-17-18-20-19(2)3/h2,4-18H2,1,3H3. The third-order valence-corrected chi connectivity index (χ3v) is 3.85. The molecule has 0 fully saturated rings. The van der Waals surface area contributed by atoms with Gasteiger partial charge < -0.3 is 4.74 Å². The predicted octanol–water partition coefficient (Wildman–Crippen LogP) is 7.02. The Morgan fingerprint density at radius 2 is 1.00 bits per heavy atom. The zero-order chi connectivity index (χ0) is 14.9. The second-order valence-electron chi connectivity index (χ2n) is 6.15. The molecule has 0 bridgehead atoms. The summed E-state index contributed by atoms with van der Waals surface area (Å²) in [7, 11) is 0. The Kier molecular flexibility index (Phi) is 16.2. The molecule has 0 radical (unpaired) electrons. The molecule has 0 saturated carbocycles. The summed E-state index contributed by atoms with van der Waals surface area (Å²) >= 11 is 0. The van der Waals surface area contributed by atoms with Crippen LogP contribution in [0.1, 0.15) is 104 Å². The van der Waals surface area contributed by atoms with Gasteiger partial charge in [0, 0.05) is 0 Å². The second kappa shape index (κ2) is 16.6. The van der Waals surface area contributed by atoms with Crippen LogP contribution >= 0.6 is 0 Å². The predicted molar refractivity (Wildman–Crippen MR) is 91.1 cm³/mol. The Bertz CT molecular complexity index is 198. The maximum absolute atomic E-state index is 5.35. The first-order valence-electron chi connectivity index (χ1n) is 9.05. The molecule has 0 aliphatic carbocycles. The van der Waals surface area contributed by atoms with Crippen LogP contribution in [-0.4, -0.2) is 6.61 Å². The van der Waals surface area contributed by atoms with Crippen LogP contribution < -0.4 is 0 Å². The van der Waals surface area contributed by atoms with E-state index in [1.54, 1.807) is 0 Å². The van der Waals surface area contributed by atoms with E-state index in [0.717, 1.165) is 12.4 Å². The van der Waals surface area contributed by atoms with Crippen LogP contribution in [0.15, 0.2) is 12.3 Å². The van der Waals surface area contributed by atoms with E-state index in [1.165, 1.54) is 89.9 Å². The molecular formula is C19H38O. The average molecular weight is 283 g/mol. The van der Waals surface area contributed by atoms with Gasteiger partial charge in [0.25, 0.3) is 0 Å². The van der Waals surface area contributed by atoms with E-state index in [4.69, 9.17) is 4.74 Å². The van der Waals surface area contributed by atoms with Crippen molar-refractivity contribution in [3.05, 3.63) is 12.3 Å².